The second-order valence-electron chi connectivity index (χ2n) is 8.89. The Bertz CT molecular complexity index is 1630. The Morgan fingerprint density at radius 3 is 2.32 bits per heavy atom. The maximum Gasteiger partial charge on any atom is 0.272 e. The first kappa shape index (κ1) is 26.8. The van der Waals surface area contributed by atoms with E-state index < -0.39 is 39.1 Å². The SMILES string of the molecule is O=C(NC1=CCCc2c1c(=O)[nH][nH]c2=O)c1cc(NC(=O)C2C(c3cc(Cl)cc(Cl)c3)C2(Cl)Cl)ccc1Cl. The molecule has 2 atom stereocenters. The van der Waals surface area contributed by atoms with Crippen molar-refractivity contribution in [2.75, 3.05) is 5.32 Å². The van der Waals surface area contributed by atoms with E-state index >= 15 is 0 Å². The summed E-state index contributed by atoms with van der Waals surface area (Å²) in [6.07, 6.45) is 2.48. The largest absolute Gasteiger partial charge is 0.326 e. The summed E-state index contributed by atoms with van der Waals surface area (Å²) in [5, 5.41) is 10.8. The number of rotatable bonds is 5. The molecule has 8 nitrogen and oxygen atoms in total. The summed E-state index contributed by atoms with van der Waals surface area (Å²) in [5.74, 6) is -2.45. The molecule has 0 bridgehead atoms. The monoisotopic (exact) mass is 612 g/mol. The summed E-state index contributed by atoms with van der Waals surface area (Å²) >= 11 is 31.3. The fourth-order valence-corrected chi connectivity index (χ4v) is 6.19. The second-order valence-corrected chi connectivity index (χ2v) is 11.6. The number of allylic oxidation sites excluding steroid dienone is 1. The lowest BCUT2D eigenvalue weighted by atomic mass is 9.97. The number of carbonyl (C=O) groups is 2. The van der Waals surface area contributed by atoms with Gasteiger partial charge in [0.15, 0.2) is 0 Å². The minimum atomic E-state index is -1.38. The third kappa shape index (κ3) is 4.99. The van der Waals surface area contributed by atoms with Crippen LogP contribution in [0.2, 0.25) is 15.1 Å². The third-order valence-electron chi connectivity index (χ3n) is 6.41. The van der Waals surface area contributed by atoms with Crippen LogP contribution in [0.1, 0.15) is 39.4 Å². The number of fused-ring (bicyclic) bond motifs is 1. The van der Waals surface area contributed by atoms with E-state index in [1.807, 2.05) is 0 Å². The van der Waals surface area contributed by atoms with Gasteiger partial charge in [0, 0.05) is 27.2 Å². The highest BCUT2D eigenvalue weighted by Gasteiger charge is 2.67. The Hall–Kier alpha value is -2.75. The molecule has 0 aliphatic heterocycles. The van der Waals surface area contributed by atoms with Gasteiger partial charge in [-0.1, -0.05) is 40.9 Å². The number of hydrogen-bond acceptors (Lipinski definition) is 4. The lowest BCUT2D eigenvalue weighted by Gasteiger charge is -2.17. The van der Waals surface area contributed by atoms with Gasteiger partial charge in [-0.2, -0.15) is 0 Å². The lowest BCUT2D eigenvalue weighted by Crippen LogP contribution is -2.33. The van der Waals surface area contributed by atoms with Crippen molar-refractivity contribution in [3.63, 3.8) is 0 Å². The molecule has 2 amide bonds. The Morgan fingerprint density at radius 2 is 1.61 bits per heavy atom. The van der Waals surface area contributed by atoms with E-state index in [9.17, 15) is 19.2 Å². The van der Waals surface area contributed by atoms with Gasteiger partial charge in [-0.25, -0.2) is 0 Å². The molecule has 2 unspecified atom stereocenters. The van der Waals surface area contributed by atoms with Crippen LogP contribution in [0.5, 0.6) is 0 Å². The molecule has 1 aromatic heterocycles. The number of anilines is 1. The van der Waals surface area contributed by atoms with E-state index in [0.29, 0.717) is 28.5 Å². The van der Waals surface area contributed by atoms with Crippen LogP contribution in [0.3, 0.4) is 0 Å². The molecule has 1 fully saturated rings. The average molecular weight is 615 g/mol. The van der Waals surface area contributed by atoms with Crippen LogP contribution in [0.15, 0.2) is 52.1 Å². The van der Waals surface area contributed by atoms with Crippen LogP contribution in [0.4, 0.5) is 5.69 Å². The fourth-order valence-electron chi connectivity index (χ4n) is 4.61. The number of amides is 2. The van der Waals surface area contributed by atoms with Crippen LogP contribution in [-0.2, 0) is 11.2 Å². The predicted octanol–water partition coefficient (Wildman–Crippen LogP) is 5.27. The molecular formula is C25H17Cl5N4O4. The van der Waals surface area contributed by atoms with Gasteiger partial charge in [-0.3, -0.25) is 29.4 Å². The van der Waals surface area contributed by atoms with Crippen molar-refractivity contribution in [3.05, 3.63) is 101 Å². The van der Waals surface area contributed by atoms with E-state index in [1.165, 1.54) is 18.2 Å². The molecular weight excluding hydrogens is 598 g/mol. The Morgan fingerprint density at radius 1 is 0.921 bits per heavy atom. The third-order valence-corrected chi connectivity index (χ3v) is 8.12. The second kappa shape index (κ2) is 10.1. The molecule has 2 aliphatic rings. The van der Waals surface area contributed by atoms with Gasteiger partial charge >= 0.3 is 0 Å². The predicted molar refractivity (Wildman–Crippen MR) is 149 cm³/mol. The molecule has 3 aromatic rings. The highest BCUT2D eigenvalue weighted by atomic mass is 35.5. The quantitative estimate of drug-likeness (QED) is 0.293. The number of carbonyl (C=O) groups excluding carboxylic acids is 2. The van der Waals surface area contributed by atoms with Gasteiger partial charge in [-0.05, 0) is 54.8 Å². The number of H-pyrrole nitrogens is 2. The van der Waals surface area contributed by atoms with Crippen molar-refractivity contribution in [2.45, 2.75) is 23.1 Å². The van der Waals surface area contributed by atoms with E-state index in [-0.39, 0.29) is 33.1 Å². The molecule has 1 saturated carbocycles. The van der Waals surface area contributed by atoms with Crippen LogP contribution in [-0.4, -0.2) is 26.3 Å². The summed E-state index contributed by atoms with van der Waals surface area (Å²) in [6.45, 7) is 0. The number of nitrogens with one attached hydrogen (secondary N) is 4. The van der Waals surface area contributed by atoms with Crippen molar-refractivity contribution in [2.24, 2.45) is 5.92 Å². The molecule has 196 valence electrons. The summed E-state index contributed by atoms with van der Waals surface area (Å²) < 4.78 is -1.38. The molecule has 2 aliphatic carbocycles. The number of aromatic amines is 2. The smallest absolute Gasteiger partial charge is 0.272 e. The lowest BCUT2D eigenvalue weighted by molar-refractivity contribution is -0.117. The number of aromatic nitrogens is 2. The topological polar surface area (TPSA) is 124 Å². The highest BCUT2D eigenvalue weighted by Crippen LogP contribution is 2.65. The van der Waals surface area contributed by atoms with Gasteiger partial charge in [0.05, 0.1) is 27.8 Å². The van der Waals surface area contributed by atoms with Gasteiger partial charge in [0.1, 0.15) is 4.33 Å². The molecule has 4 N–H and O–H groups in total. The minimum absolute atomic E-state index is 0.0377. The normalized spacial score (nSPS) is 19.2. The van der Waals surface area contributed by atoms with Crippen molar-refractivity contribution in [1.29, 1.82) is 0 Å². The molecule has 13 heteroatoms. The summed E-state index contributed by atoms with van der Waals surface area (Å²) in [5.41, 5.74) is 0.535. The summed E-state index contributed by atoms with van der Waals surface area (Å²) in [6, 6.07) is 9.21. The Kier molecular flexibility index (Phi) is 7.13. The zero-order chi connectivity index (χ0) is 27.4. The molecule has 0 radical (unpaired) electrons. The number of benzene rings is 2. The average Bonchev–Trinajstić information content (AvgIpc) is 3.44. The van der Waals surface area contributed by atoms with E-state index in [1.54, 1.807) is 24.3 Å². The van der Waals surface area contributed by atoms with Gasteiger partial charge in [0.25, 0.3) is 17.0 Å². The molecule has 38 heavy (non-hydrogen) atoms. The van der Waals surface area contributed by atoms with Crippen molar-refractivity contribution in [3.8, 4) is 0 Å². The first-order valence-corrected chi connectivity index (χ1v) is 13.2. The molecule has 5 rings (SSSR count). The first-order chi connectivity index (χ1) is 18.0. The molecule has 1 heterocycles. The molecule has 0 saturated heterocycles. The first-order valence-electron chi connectivity index (χ1n) is 11.3. The zero-order valence-electron chi connectivity index (χ0n) is 19.1. The highest BCUT2D eigenvalue weighted by molar-refractivity contribution is 6.53. The number of hydrogen-bond donors (Lipinski definition) is 4. The number of alkyl halides is 2. The number of halogens is 5. The van der Waals surface area contributed by atoms with Crippen LogP contribution < -0.4 is 21.8 Å². The fraction of sp³-hybridized carbons (Fsp3) is 0.200. The standard InChI is InChI=1S/C25H17Cl5N4O4/c26-11-6-10(7-12(27)8-11)19-20(25(19,29)30)24(38)31-13-4-5-16(28)15(9-13)21(35)32-17-3-1-2-14-18(17)23(37)34-33-22(14)36/h3-9,19-20H,1-2H2,(H,31,38)(H,32,35)(H,33,36)(H,34,37). The van der Waals surface area contributed by atoms with Gasteiger partial charge in [0.2, 0.25) is 5.91 Å². The van der Waals surface area contributed by atoms with E-state index in [4.69, 9.17) is 58.0 Å². The van der Waals surface area contributed by atoms with Gasteiger partial charge < -0.3 is 10.6 Å². The Balaban J connectivity index is 1.35. The van der Waals surface area contributed by atoms with Crippen molar-refractivity contribution < 1.29 is 9.59 Å². The van der Waals surface area contributed by atoms with Crippen LogP contribution >= 0.6 is 58.0 Å². The van der Waals surface area contributed by atoms with E-state index in [0.717, 1.165) is 0 Å². The van der Waals surface area contributed by atoms with Crippen LogP contribution in [0, 0.1) is 5.92 Å². The molecule has 2 aromatic carbocycles. The summed E-state index contributed by atoms with van der Waals surface area (Å²) in [4.78, 5) is 50.6. The maximum absolute atomic E-state index is 13.1. The van der Waals surface area contributed by atoms with Gasteiger partial charge in [-0.15, -0.1) is 23.2 Å². The minimum Gasteiger partial charge on any atom is -0.326 e. The molecule has 0 spiro atoms. The van der Waals surface area contributed by atoms with Crippen molar-refractivity contribution in [1.82, 2.24) is 15.5 Å². The summed E-state index contributed by atoms with van der Waals surface area (Å²) in [7, 11) is 0. The van der Waals surface area contributed by atoms with Crippen LogP contribution in [0.25, 0.3) is 5.70 Å². The Labute approximate surface area is 240 Å². The van der Waals surface area contributed by atoms with E-state index in [2.05, 4.69) is 20.8 Å². The maximum atomic E-state index is 13.1. The zero-order valence-corrected chi connectivity index (χ0v) is 22.9. The van der Waals surface area contributed by atoms with Crippen molar-refractivity contribution >= 4 is 81.2 Å².